The van der Waals surface area contributed by atoms with E-state index in [4.69, 9.17) is 0 Å². The number of anilines is 1. The molecule has 18 heavy (non-hydrogen) atoms. The summed E-state index contributed by atoms with van der Waals surface area (Å²) >= 11 is 0. The van der Waals surface area contributed by atoms with E-state index in [2.05, 4.69) is 10.6 Å². The van der Waals surface area contributed by atoms with Crippen molar-refractivity contribution in [3.63, 3.8) is 0 Å². The molecule has 1 aliphatic rings. The lowest BCUT2D eigenvalue weighted by Crippen LogP contribution is -2.32. The van der Waals surface area contributed by atoms with Crippen molar-refractivity contribution < 1.29 is 9.59 Å². The molecule has 1 aromatic carbocycles. The van der Waals surface area contributed by atoms with Gasteiger partial charge in [0.1, 0.15) is 0 Å². The number of carbonyl (C=O) groups excluding carboxylic acids is 2. The first-order valence-electron chi connectivity index (χ1n) is 6.05. The van der Waals surface area contributed by atoms with Crippen molar-refractivity contribution in [1.29, 1.82) is 0 Å². The highest BCUT2D eigenvalue weighted by atomic mass is 16.2. The van der Waals surface area contributed by atoms with E-state index in [-0.39, 0.29) is 11.9 Å². The highest BCUT2D eigenvalue weighted by molar-refractivity contribution is 5.95. The monoisotopic (exact) mass is 247 g/mol. The number of hydrogen-bond donors (Lipinski definition) is 2. The van der Waals surface area contributed by atoms with E-state index >= 15 is 0 Å². The number of rotatable bonds is 3. The number of hydrogen-bond acceptors (Lipinski definition) is 2. The maximum absolute atomic E-state index is 11.6. The third-order valence-electron chi connectivity index (χ3n) is 2.98. The quantitative estimate of drug-likeness (QED) is 0.844. The molecule has 1 saturated heterocycles. The van der Waals surface area contributed by atoms with Crippen LogP contribution in [0.1, 0.15) is 18.4 Å². The number of benzene rings is 1. The van der Waals surface area contributed by atoms with Gasteiger partial charge >= 0.3 is 6.03 Å². The number of amides is 3. The Bertz CT molecular complexity index is 459. The van der Waals surface area contributed by atoms with Crippen LogP contribution in [-0.2, 0) is 11.3 Å². The van der Waals surface area contributed by atoms with E-state index in [1.807, 2.05) is 24.3 Å². The van der Waals surface area contributed by atoms with Crippen molar-refractivity contribution in [3.05, 3.63) is 29.8 Å². The fraction of sp³-hybridized carbons (Fsp3) is 0.385. The Morgan fingerprint density at radius 1 is 1.44 bits per heavy atom. The van der Waals surface area contributed by atoms with E-state index in [9.17, 15) is 9.59 Å². The Kier molecular flexibility index (Phi) is 3.82. The lowest BCUT2D eigenvalue weighted by atomic mass is 10.2. The molecule has 0 bridgehead atoms. The maximum atomic E-state index is 11.6. The second kappa shape index (κ2) is 5.53. The van der Waals surface area contributed by atoms with Gasteiger partial charge in [-0.2, -0.15) is 0 Å². The molecule has 5 heteroatoms. The van der Waals surface area contributed by atoms with Gasteiger partial charge in [0.15, 0.2) is 0 Å². The maximum Gasteiger partial charge on any atom is 0.314 e. The molecule has 1 heterocycles. The Balaban J connectivity index is 2.05. The molecule has 1 aromatic rings. The summed E-state index contributed by atoms with van der Waals surface area (Å²) in [5, 5.41) is 5.22. The molecule has 0 radical (unpaired) electrons. The first kappa shape index (κ1) is 12.4. The summed E-state index contributed by atoms with van der Waals surface area (Å²) in [7, 11) is 1.58. The summed E-state index contributed by atoms with van der Waals surface area (Å²) in [5.74, 6) is 0.173. The zero-order valence-electron chi connectivity index (χ0n) is 10.4. The molecule has 0 aromatic heterocycles. The SMILES string of the molecule is CNC(=O)NCc1cccc(N2CCCC2=O)c1. The van der Waals surface area contributed by atoms with Gasteiger partial charge < -0.3 is 15.5 Å². The average Bonchev–Trinajstić information content (AvgIpc) is 2.82. The predicted molar refractivity (Wildman–Crippen MR) is 69.3 cm³/mol. The van der Waals surface area contributed by atoms with Crippen LogP contribution in [-0.4, -0.2) is 25.5 Å². The average molecular weight is 247 g/mol. The van der Waals surface area contributed by atoms with Crippen LogP contribution in [0.3, 0.4) is 0 Å². The third kappa shape index (κ3) is 2.80. The number of nitrogens with one attached hydrogen (secondary N) is 2. The van der Waals surface area contributed by atoms with E-state index in [0.717, 1.165) is 24.2 Å². The van der Waals surface area contributed by atoms with Crippen molar-refractivity contribution in [2.45, 2.75) is 19.4 Å². The molecule has 0 unspecified atom stereocenters. The van der Waals surface area contributed by atoms with Gasteiger partial charge in [-0.1, -0.05) is 12.1 Å². The standard InChI is InChI=1S/C13H17N3O2/c1-14-13(18)15-9-10-4-2-5-11(8-10)16-7-3-6-12(16)17/h2,4-5,8H,3,6-7,9H2,1H3,(H2,14,15,18). The number of nitrogens with zero attached hydrogens (tertiary/aromatic N) is 1. The van der Waals surface area contributed by atoms with Crippen molar-refractivity contribution in [3.8, 4) is 0 Å². The van der Waals surface area contributed by atoms with E-state index in [0.29, 0.717) is 13.0 Å². The minimum atomic E-state index is -0.211. The van der Waals surface area contributed by atoms with Crippen LogP contribution < -0.4 is 15.5 Å². The van der Waals surface area contributed by atoms with Gasteiger partial charge in [0.25, 0.3) is 0 Å². The smallest absolute Gasteiger partial charge is 0.314 e. The summed E-state index contributed by atoms with van der Waals surface area (Å²) in [6.45, 7) is 1.24. The van der Waals surface area contributed by atoms with Gasteiger partial charge in [-0.05, 0) is 24.1 Å². The second-order valence-electron chi connectivity index (χ2n) is 4.25. The van der Waals surface area contributed by atoms with Crippen molar-refractivity contribution in [2.24, 2.45) is 0 Å². The molecule has 1 aliphatic heterocycles. The molecule has 3 amide bonds. The van der Waals surface area contributed by atoms with Crippen molar-refractivity contribution in [2.75, 3.05) is 18.5 Å². The van der Waals surface area contributed by atoms with Crippen LogP contribution >= 0.6 is 0 Å². The number of carbonyl (C=O) groups is 2. The zero-order valence-corrected chi connectivity index (χ0v) is 10.4. The van der Waals surface area contributed by atoms with Crippen LogP contribution in [0.2, 0.25) is 0 Å². The van der Waals surface area contributed by atoms with Gasteiger partial charge in [-0.15, -0.1) is 0 Å². The molecule has 2 N–H and O–H groups in total. The first-order valence-corrected chi connectivity index (χ1v) is 6.05. The zero-order chi connectivity index (χ0) is 13.0. The van der Waals surface area contributed by atoms with Crippen molar-refractivity contribution >= 4 is 17.6 Å². The largest absolute Gasteiger partial charge is 0.341 e. The summed E-state index contributed by atoms with van der Waals surface area (Å²) in [5.41, 5.74) is 1.89. The van der Waals surface area contributed by atoms with Crippen molar-refractivity contribution in [1.82, 2.24) is 10.6 Å². The first-order chi connectivity index (χ1) is 8.70. The lowest BCUT2D eigenvalue weighted by Gasteiger charge is -2.16. The molecule has 1 fully saturated rings. The molecular formula is C13H17N3O2. The highest BCUT2D eigenvalue weighted by Gasteiger charge is 2.21. The van der Waals surface area contributed by atoms with Crippen LogP contribution in [0.4, 0.5) is 10.5 Å². The summed E-state index contributed by atoms with van der Waals surface area (Å²) in [6, 6.07) is 7.49. The minimum Gasteiger partial charge on any atom is -0.341 e. The van der Waals surface area contributed by atoms with Gasteiger partial charge in [-0.3, -0.25) is 4.79 Å². The molecule has 5 nitrogen and oxygen atoms in total. The van der Waals surface area contributed by atoms with Gasteiger partial charge in [-0.25, -0.2) is 4.79 Å². The summed E-state index contributed by atoms with van der Waals surface area (Å²) < 4.78 is 0. The topological polar surface area (TPSA) is 61.4 Å². The Hall–Kier alpha value is -2.04. The van der Waals surface area contributed by atoms with E-state index in [1.54, 1.807) is 11.9 Å². The molecular weight excluding hydrogens is 230 g/mol. The third-order valence-corrected chi connectivity index (χ3v) is 2.98. The highest BCUT2D eigenvalue weighted by Crippen LogP contribution is 2.22. The molecule has 0 spiro atoms. The predicted octanol–water partition coefficient (Wildman–Crippen LogP) is 1.24. The molecule has 2 rings (SSSR count). The van der Waals surface area contributed by atoms with Crippen LogP contribution in [0, 0.1) is 0 Å². The molecule has 96 valence electrons. The Labute approximate surface area is 106 Å². The Morgan fingerprint density at radius 2 is 2.28 bits per heavy atom. The fourth-order valence-electron chi connectivity index (χ4n) is 2.03. The van der Waals surface area contributed by atoms with Crippen LogP contribution in [0.15, 0.2) is 24.3 Å². The normalized spacial score (nSPS) is 14.7. The summed E-state index contributed by atoms with van der Waals surface area (Å²) in [4.78, 5) is 24.5. The van der Waals surface area contributed by atoms with Crippen LogP contribution in [0.25, 0.3) is 0 Å². The van der Waals surface area contributed by atoms with Crippen LogP contribution in [0.5, 0.6) is 0 Å². The number of urea groups is 1. The molecule has 0 aliphatic carbocycles. The molecule has 0 atom stereocenters. The minimum absolute atomic E-state index is 0.173. The van der Waals surface area contributed by atoms with E-state index < -0.39 is 0 Å². The van der Waals surface area contributed by atoms with E-state index in [1.165, 1.54) is 0 Å². The molecule has 0 saturated carbocycles. The lowest BCUT2D eigenvalue weighted by molar-refractivity contribution is -0.117. The fourth-order valence-corrected chi connectivity index (χ4v) is 2.03. The van der Waals surface area contributed by atoms with Gasteiger partial charge in [0.2, 0.25) is 5.91 Å². The van der Waals surface area contributed by atoms with Gasteiger partial charge in [0, 0.05) is 32.2 Å². The van der Waals surface area contributed by atoms with Gasteiger partial charge in [0.05, 0.1) is 0 Å². The summed E-state index contributed by atoms with van der Waals surface area (Å²) in [6.07, 6.45) is 1.54. The second-order valence-corrected chi connectivity index (χ2v) is 4.25. The Morgan fingerprint density at radius 3 is 2.94 bits per heavy atom.